The molecule has 0 bridgehead atoms. The van der Waals surface area contributed by atoms with Gasteiger partial charge in [0.2, 0.25) is 0 Å². The molecule has 1 aromatic carbocycles. The smallest absolute Gasteiger partial charge is 0.147 e. The molecule has 1 aliphatic carbocycles. The summed E-state index contributed by atoms with van der Waals surface area (Å²) in [5, 5.41) is 22.7. The zero-order chi connectivity index (χ0) is 19.8. The molecular weight excluding hydrogens is 368 g/mol. The van der Waals surface area contributed by atoms with Crippen molar-refractivity contribution in [1.82, 2.24) is 14.9 Å². The first-order valence-electron chi connectivity index (χ1n) is 10.5. The second kappa shape index (κ2) is 7.65. The molecule has 3 aliphatic rings. The van der Waals surface area contributed by atoms with Crippen LogP contribution in [0.3, 0.4) is 0 Å². The van der Waals surface area contributed by atoms with Gasteiger partial charge in [0.1, 0.15) is 5.82 Å². The number of rotatable bonds is 3. The number of hydrogen-bond acceptors (Lipinski definition) is 7. The molecule has 0 unspecified atom stereocenters. The van der Waals surface area contributed by atoms with Crippen LogP contribution >= 0.6 is 0 Å². The lowest BCUT2D eigenvalue weighted by molar-refractivity contribution is -0.162. The first-order chi connectivity index (χ1) is 14.1. The van der Waals surface area contributed by atoms with Gasteiger partial charge in [0.05, 0.1) is 36.7 Å². The van der Waals surface area contributed by atoms with Crippen LogP contribution in [-0.2, 0) is 4.74 Å². The molecule has 2 N–H and O–H groups in total. The Morgan fingerprint density at radius 3 is 2.59 bits per heavy atom. The van der Waals surface area contributed by atoms with Gasteiger partial charge in [0.25, 0.3) is 0 Å². The highest BCUT2D eigenvalue weighted by molar-refractivity contribution is 5.35. The average molecular weight is 396 g/mol. The molecule has 0 radical (unpaired) electrons. The lowest BCUT2D eigenvalue weighted by atomic mass is 9.79. The van der Waals surface area contributed by atoms with E-state index >= 15 is 0 Å². The Bertz CT molecular complexity index is 815. The number of ether oxygens (including phenoxy) is 1. The summed E-state index contributed by atoms with van der Waals surface area (Å²) < 4.78 is 6.09. The van der Waals surface area contributed by atoms with Gasteiger partial charge >= 0.3 is 0 Å². The van der Waals surface area contributed by atoms with Crippen LogP contribution in [0.25, 0.3) is 0 Å². The van der Waals surface area contributed by atoms with E-state index in [1.54, 1.807) is 18.6 Å². The third-order valence-electron chi connectivity index (χ3n) is 6.87. The molecule has 154 valence electrons. The summed E-state index contributed by atoms with van der Waals surface area (Å²) in [6, 6.07) is 9.83. The highest BCUT2D eigenvalue weighted by atomic mass is 16.5. The Kier molecular flexibility index (Phi) is 4.99. The van der Waals surface area contributed by atoms with Crippen molar-refractivity contribution in [2.24, 2.45) is 5.92 Å². The average Bonchev–Trinajstić information content (AvgIpc) is 3.04. The standard InChI is InChI=1S/C22H28N4O3/c27-18-12-17-15-29-19(16-4-2-1-3-5-16)13-22(17,28)21(18)26-10-8-25(9-11-26)20-14-23-6-7-24-20/h1-7,14,17-19,21,27-28H,8-13,15H2/t17-,18-,19-,21+,22+/m1/s1. The minimum absolute atomic E-state index is 0.0273. The van der Waals surface area contributed by atoms with E-state index < -0.39 is 11.7 Å². The molecule has 0 spiro atoms. The van der Waals surface area contributed by atoms with Crippen LogP contribution in [-0.4, -0.2) is 75.6 Å². The summed E-state index contributed by atoms with van der Waals surface area (Å²) in [4.78, 5) is 13.0. The fourth-order valence-corrected chi connectivity index (χ4v) is 5.41. The third kappa shape index (κ3) is 3.42. The third-order valence-corrected chi connectivity index (χ3v) is 6.87. The van der Waals surface area contributed by atoms with Crippen LogP contribution in [0.2, 0.25) is 0 Å². The fraction of sp³-hybridized carbons (Fsp3) is 0.545. The van der Waals surface area contributed by atoms with Crippen molar-refractivity contribution in [3.05, 3.63) is 54.5 Å². The largest absolute Gasteiger partial charge is 0.391 e. The zero-order valence-electron chi connectivity index (χ0n) is 16.5. The maximum absolute atomic E-state index is 11.8. The first kappa shape index (κ1) is 18.9. The van der Waals surface area contributed by atoms with Gasteiger partial charge < -0.3 is 19.8 Å². The van der Waals surface area contributed by atoms with Gasteiger partial charge in [-0.25, -0.2) is 4.98 Å². The number of piperazine rings is 1. The predicted octanol–water partition coefficient (Wildman–Crippen LogP) is 1.24. The Labute approximate surface area is 171 Å². The molecule has 0 amide bonds. The summed E-state index contributed by atoms with van der Waals surface area (Å²) in [6.45, 7) is 3.67. The molecular formula is C22H28N4O3. The Hall–Kier alpha value is -2.06. The molecule has 1 aromatic heterocycles. The van der Waals surface area contributed by atoms with Gasteiger partial charge in [-0.1, -0.05) is 30.3 Å². The number of hydrogen-bond donors (Lipinski definition) is 2. The van der Waals surface area contributed by atoms with Gasteiger partial charge in [0, 0.05) is 50.9 Å². The fourth-order valence-electron chi connectivity index (χ4n) is 5.41. The molecule has 3 fully saturated rings. The van der Waals surface area contributed by atoms with Crippen LogP contribution in [0, 0.1) is 5.92 Å². The first-order valence-corrected chi connectivity index (χ1v) is 10.5. The maximum atomic E-state index is 11.8. The molecule has 7 nitrogen and oxygen atoms in total. The normalized spacial score (nSPS) is 35.4. The highest BCUT2D eigenvalue weighted by Gasteiger charge is 2.59. The molecule has 29 heavy (non-hydrogen) atoms. The van der Waals surface area contributed by atoms with E-state index in [0.717, 1.165) is 37.6 Å². The van der Waals surface area contributed by atoms with E-state index in [-0.39, 0.29) is 18.1 Å². The van der Waals surface area contributed by atoms with Crippen molar-refractivity contribution in [3.8, 4) is 0 Å². The molecule has 3 heterocycles. The van der Waals surface area contributed by atoms with E-state index in [9.17, 15) is 10.2 Å². The quantitative estimate of drug-likeness (QED) is 0.808. The molecule has 5 atom stereocenters. The second-order valence-electron chi connectivity index (χ2n) is 8.46. The summed E-state index contributed by atoms with van der Waals surface area (Å²) in [5.74, 6) is 0.853. The summed E-state index contributed by atoms with van der Waals surface area (Å²) in [7, 11) is 0. The van der Waals surface area contributed by atoms with Crippen LogP contribution < -0.4 is 4.90 Å². The summed E-state index contributed by atoms with van der Waals surface area (Å²) in [6.07, 6.45) is 5.62. The number of anilines is 1. The van der Waals surface area contributed by atoms with E-state index in [2.05, 4.69) is 31.9 Å². The van der Waals surface area contributed by atoms with Crippen molar-refractivity contribution in [2.45, 2.75) is 36.7 Å². The van der Waals surface area contributed by atoms with Gasteiger partial charge in [-0.15, -0.1) is 0 Å². The van der Waals surface area contributed by atoms with Gasteiger partial charge in [-0.05, 0) is 12.0 Å². The number of aromatic nitrogens is 2. The lowest BCUT2D eigenvalue weighted by Crippen LogP contribution is -2.62. The minimum Gasteiger partial charge on any atom is -0.391 e. The number of fused-ring (bicyclic) bond motifs is 1. The van der Waals surface area contributed by atoms with Crippen LogP contribution in [0.4, 0.5) is 5.82 Å². The second-order valence-corrected chi connectivity index (χ2v) is 8.46. The van der Waals surface area contributed by atoms with Crippen molar-refractivity contribution >= 4 is 5.82 Å². The van der Waals surface area contributed by atoms with Gasteiger partial charge in [-0.2, -0.15) is 0 Å². The van der Waals surface area contributed by atoms with Crippen LogP contribution in [0.1, 0.15) is 24.5 Å². The van der Waals surface area contributed by atoms with Crippen LogP contribution in [0.5, 0.6) is 0 Å². The van der Waals surface area contributed by atoms with E-state index in [1.165, 1.54) is 0 Å². The predicted molar refractivity (Wildman–Crippen MR) is 108 cm³/mol. The zero-order valence-corrected chi connectivity index (χ0v) is 16.5. The lowest BCUT2D eigenvalue weighted by Gasteiger charge is -2.48. The molecule has 5 rings (SSSR count). The highest BCUT2D eigenvalue weighted by Crippen LogP contribution is 2.49. The van der Waals surface area contributed by atoms with E-state index in [0.29, 0.717) is 19.4 Å². The SMILES string of the molecule is O[C@@H]1C[C@@H]2CO[C@@H](c3ccccc3)C[C@@]2(O)[C@H]1N1CCN(c2cnccn2)CC1. The van der Waals surface area contributed by atoms with Crippen LogP contribution in [0.15, 0.2) is 48.9 Å². The topological polar surface area (TPSA) is 82.0 Å². The van der Waals surface area contributed by atoms with Gasteiger partial charge in [0.15, 0.2) is 0 Å². The number of aliphatic hydroxyl groups is 2. The van der Waals surface area contributed by atoms with E-state index in [4.69, 9.17) is 4.74 Å². The van der Waals surface area contributed by atoms with Crippen molar-refractivity contribution < 1.29 is 14.9 Å². The number of benzene rings is 1. The molecule has 2 aliphatic heterocycles. The molecule has 2 saturated heterocycles. The van der Waals surface area contributed by atoms with E-state index in [1.807, 2.05) is 18.2 Å². The summed E-state index contributed by atoms with van der Waals surface area (Å²) >= 11 is 0. The molecule has 7 heteroatoms. The Morgan fingerprint density at radius 2 is 1.86 bits per heavy atom. The Balaban J connectivity index is 1.32. The molecule has 1 saturated carbocycles. The summed E-state index contributed by atoms with van der Waals surface area (Å²) in [5.41, 5.74) is 0.152. The van der Waals surface area contributed by atoms with Gasteiger partial charge in [-0.3, -0.25) is 9.88 Å². The monoisotopic (exact) mass is 396 g/mol. The molecule has 2 aromatic rings. The number of aliphatic hydroxyl groups excluding tert-OH is 1. The van der Waals surface area contributed by atoms with Crippen molar-refractivity contribution in [3.63, 3.8) is 0 Å². The number of nitrogens with zero attached hydrogens (tertiary/aromatic N) is 4. The Morgan fingerprint density at radius 1 is 1.07 bits per heavy atom. The van der Waals surface area contributed by atoms with Crippen molar-refractivity contribution in [2.75, 3.05) is 37.7 Å². The van der Waals surface area contributed by atoms with Crippen molar-refractivity contribution in [1.29, 1.82) is 0 Å². The minimum atomic E-state index is -0.938. The maximum Gasteiger partial charge on any atom is 0.147 e.